The molecule has 3 aromatic carbocycles. The predicted molar refractivity (Wildman–Crippen MR) is 124 cm³/mol. The molecule has 2 aromatic heterocycles. The van der Waals surface area contributed by atoms with Gasteiger partial charge in [0.2, 0.25) is 0 Å². The molecule has 0 atom stereocenters. The lowest BCUT2D eigenvalue weighted by atomic mass is 9.95. The summed E-state index contributed by atoms with van der Waals surface area (Å²) in [7, 11) is 0. The third-order valence-electron chi connectivity index (χ3n) is 6.23. The monoisotopic (exact) mass is 404 g/mol. The number of ether oxygens (including phenoxy) is 1. The zero-order valence-corrected chi connectivity index (χ0v) is 17.3. The predicted octanol–water partition coefficient (Wildman–Crippen LogP) is 5.72. The molecule has 0 saturated carbocycles. The molecule has 0 spiro atoms. The first-order chi connectivity index (χ1) is 15.1. The smallest absolute Gasteiger partial charge is 0.263 e. The highest BCUT2D eigenvalue weighted by Gasteiger charge is 2.28. The van der Waals surface area contributed by atoms with Gasteiger partial charge in [0.05, 0.1) is 22.3 Å². The number of benzene rings is 3. The third-order valence-corrected chi connectivity index (χ3v) is 6.23. The molecular formula is C27H20N2O2. The highest BCUT2D eigenvalue weighted by atomic mass is 16.5. The van der Waals surface area contributed by atoms with Crippen molar-refractivity contribution in [3.63, 3.8) is 0 Å². The molecule has 0 N–H and O–H groups in total. The van der Waals surface area contributed by atoms with Gasteiger partial charge in [0.25, 0.3) is 5.56 Å². The van der Waals surface area contributed by atoms with E-state index in [-0.39, 0.29) is 5.56 Å². The number of pyridine rings is 2. The molecule has 4 nitrogen and oxygen atoms in total. The topological polar surface area (TPSA) is 44.1 Å². The second-order valence-electron chi connectivity index (χ2n) is 8.05. The van der Waals surface area contributed by atoms with Crippen LogP contribution in [0.1, 0.15) is 16.7 Å². The van der Waals surface area contributed by atoms with E-state index >= 15 is 0 Å². The molecule has 4 heteroatoms. The van der Waals surface area contributed by atoms with E-state index in [0.29, 0.717) is 6.61 Å². The fraction of sp³-hybridized carbons (Fsp3) is 0.111. The fourth-order valence-electron chi connectivity index (χ4n) is 4.76. The molecule has 150 valence electrons. The molecule has 1 aliphatic rings. The minimum Gasteiger partial charge on any atom is -0.488 e. The van der Waals surface area contributed by atoms with Gasteiger partial charge in [-0.2, -0.15) is 0 Å². The maximum absolute atomic E-state index is 14.1. The van der Waals surface area contributed by atoms with Crippen LogP contribution in [0.15, 0.2) is 77.7 Å². The molecule has 0 saturated heterocycles. The Hall–Kier alpha value is -3.92. The minimum atomic E-state index is -0.0417. The maximum atomic E-state index is 14.1. The summed E-state index contributed by atoms with van der Waals surface area (Å²) in [6.45, 7) is 4.51. The van der Waals surface area contributed by atoms with Crippen molar-refractivity contribution in [2.45, 2.75) is 20.5 Å². The van der Waals surface area contributed by atoms with E-state index in [1.807, 2.05) is 66.1 Å². The first kappa shape index (κ1) is 17.9. The standard InChI is InChI=1S/C27H20N2O2/c1-16-7-3-4-10-19(16)26-20-15-31-22-13-12-17(2)23(24(20)22)27(30)29(26)21-11-5-8-18-9-6-14-28-25(18)21/h3-14H,15H2,1-2H3. The largest absolute Gasteiger partial charge is 0.488 e. The van der Waals surface area contributed by atoms with Gasteiger partial charge in [0, 0.05) is 28.1 Å². The van der Waals surface area contributed by atoms with E-state index in [9.17, 15) is 4.79 Å². The summed E-state index contributed by atoms with van der Waals surface area (Å²) in [5.74, 6) is 0.783. The maximum Gasteiger partial charge on any atom is 0.263 e. The van der Waals surface area contributed by atoms with Gasteiger partial charge in [0.15, 0.2) is 0 Å². The van der Waals surface area contributed by atoms with Crippen LogP contribution in [-0.2, 0) is 6.61 Å². The van der Waals surface area contributed by atoms with Crippen LogP contribution in [-0.4, -0.2) is 9.55 Å². The zero-order chi connectivity index (χ0) is 21.1. The van der Waals surface area contributed by atoms with Crippen molar-refractivity contribution in [2.75, 3.05) is 0 Å². The Bertz CT molecular complexity index is 1580. The van der Waals surface area contributed by atoms with Gasteiger partial charge in [0.1, 0.15) is 12.4 Å². The summed E-state index contributed by atoms with van der Waals surface area (Å²) in [4.78, 5) is 18.7. The van der Waals surface area contributed by atoms with Crippen LogP contribution in [0.25, 0.3) is 38.6 Å². The highest BCUT2D eigenvalue weighted by Crippen LogP contribution is 2.42. The molecule has 0 aliphatic carbocycles. The molecule has 3 heterocycles. The number of fused-ring (bicyclic) bond motifs is 1. The Morgan fingerprint density at radius 3 is 2.58 bits per heavy atom. The average Bonchev–Trinajstić information content (AvgIpc) is 3.21. The van der Waals surface area contributed by atoms with Crippen LogP contribution in [0.2, 0.25) is 0 Å². The van der Waals surface area contributed by atoms with Crippen molar-refractivity contribution in [3.05, 3.63) is 100.0 Å². The van der Waals surface area contributed by atoms with Crippen LogP contribution in [0.5, 0.6) is 5.75 Å². The normalized spacial score (nSPS) is 12.5. The van der Waals surface area contributed by atoms with Crippen molar-refractivity contribution in [2.24, 2.45) is 0 Å². The van der Waals surface area contributed by atoms with Crippen LogP contribution >= 0.6 is 0 Å². The molecule has 1 aliphatic heterocycles. The number of rotatable bonds is 2. The molecule has 31 heavy (non-hydrogen) atoms. The highest BCUT2D eigenvalue weighted by molar-refractivity contribution is 5.99. The van der Waals surface area contributed by atoms with E-state index < -0.39 is 0 Å². The van der Waals surface area contributed by atoms with Crippen molar-refractivity contribution in [1.29, 1.82) is 0 Å². The summed E-state index contributed by atoms with van der Waals surface area (Å²) in [6, 6.07) is 22.1. The Morgan fingerprint density at radius 1 is 0.871 bits per heavy atom. The Kier molecular flexibility index (Phi) is 3.78. The van der Waals surface area contributed by atoms with Crippen LogP contribution < -0.4 is 10.3 Å². The van der Waals surface area contributed by atoms with Gasteiger partial charge in [-0.3, -0.25) is 14.3 Å². The molecular weight excluding hydrogens is 384 g/mol. The molecule has 0 fully saturated rings. The lowest BCUT2D eigenvalue weighted by Gasteiger charge is -2.20. The van der Waals surface area contributed by atoms with Crippen molar-refractivity contribution in [3.8, 4) is 22.7 Å². The second-order valence-corrected chi connectivity index (χ2v) is 8.05. The van der Waals surface area contributed by atoms with E-state index in [1.165, 1.54) is 0 Å². The summed E-state index contributed by atoms with van der Waals surface area (Å²) in [5, 5.41) is 2.66. The number of aryl methyl sites for hydroxylation is 2. The second kappa shape index (κ2) is 6.54. The van der Waals surface area contributed by atoms with Gasteiger partial charge in [-0.1, -0.05) is 48.5 Å². The molecule has 0 radical (unpaired) electrons. The first-order valence-corrected chi connectivity index (χ1v) is 10.4. The van der Waals surface area contributed by atoms with Crippen molar-refractivity contribution in [1.82, 2.24) is 9.55 Å². The van der Waals surface area contributed by atoms with E-state index in [2.05, 4.69) is 24.0 Å². The summed E-state index contributed by atoms with van der Waals surface area (Å²) < 4.78 is 7.89. The van der Waals surface area contributed by atoms with E-state index in [4.69, 9.17) is 4.74 Å². The molecule has 5 aromatic rings. The van der Waals surface area contributed by atoms with Crippen molar-refractivity contribution >= 4 is 21.7 Å². The van der Waals surface area contributed by atoms with Gasteiger partial charge in [-0.05, 0) is 43.2 Å². The van der Waals surface area contributed by atoms with Crippen molar-refractivity contribution < 1.29 is 4.74 Å². The van der Waals surface area contributed by atoms with Gasteiger partial charge >= 0.3 is 0 Å². The quantitative estimate of drug-likeness (QED) is 0.378. The van der Waals surface area contributed by atoms with Gasteiger partial charge in [-0.15, -0.1) is 0 Å². The summed E-state index contributed by atoms with van der Waals surface area (Å²) in [6.07, 6.45) is 1.77. The number of hydrogen-bond donors (Lipinski definition) is 0. The number of nitrogens with zero attached hydrogens (tertiary/aromatic N) is 2. The first-order valence-electron chi connectivity index (χ1n) is 10.4. The molecule has 6 rings (SSSR count). The Morgan fingerprint density at radius 2 is 1.71 bits per heavy atom. The SMILES string of the molecule is Cc1ccccc1-c1c2c3c(ccc(C)c3c(=O)n1-c1cccc3cccnc13)OC2. The number of aromatic nitrogens is 2. The zero-order valence-electron chi connectivity index (χ0n) is 17.3. The molecule has 0 bridgehead atoms. The van der Waals surface area contributed by atoms with Gasteiger partial charge in [-0.25, -0.2) is 0 Å². The van der Waals surface area contributed by atoms with Crippen LogP contribution in [0.4, 0.5) is 0 Å². The summed E-state index contributed by atoms with van der Waals surface area (Å²) >= 11 is 0. The molecule has 0 amide bonds. The minimum absolute atomic E-state index is 0.0417. The van der Waals surface area contributed by atoms with Crippen LogP contribution in [0.3, 0.4) is 0 Å². The lowest BCUT2D eigenvalue weighted by molar-refractivity contribution is 0.327. The number of para-hydroxylation sites is 1. The lowest BCUT2D eigenvalue weighted by Crippen LogP contribution is -2.23. The fourth-order valence-corrected chi connectivity index (χ4v) is 4.76. The Labute approximate surface area is 179 Å². The van der Waals surface area contributed by atoms with Gasteiger partial charge < -0.3 is 4.74 Å². The van der Waals surface area contributed by atoms with Crippen LogP contribution in [0, 0.1) is 13.8 Å². The average molecular weight is 404 g/mol. The number of hydrogen-bond acceptors (Lipinski definition) is 3. The van der Waals surface area contributed by atoms with E-state index in [1.54, 1.807) is 6.20 Å². The molecule has 0 unspecified atom stereocenters. The Balaban J connectivity index is 1.88. The van der Waals surface area contributed by atoms with E-state index in [0.717, 1.165) is 61.1 Å². The summed E-state index contributed by atoms with van der Waals surface area (Å²) in [5.41, 5.74) is 6.59. The third kappa shape index (κ3) is 2.48.